The van der Waals surface area contributed by atoms with Gasteiger partial charge in [0.25, 0.3) is 0 Å². The molecule has 20 heavy (non-hydrogen) atoms. The largest absolute Gasteiger partial charge is 0.379 e. The Kier molecular flexibility index (Phi) is 4.77. The summed E-state index contributed by atoms with van der Waals surface area (Å²) in [5.74, 6) is -0.434. The standard InChI is InChI=1S/C16H16ClNO2/c17-11-15(19)18-12-16(20,13-7-3-1-4-8-13)14-9-5-2-6-10-14/h1-10,20H,11-12H2,(H,18,19). The molecule has 0 aromatic heterocycles. The molecule has 2 aromatic carbocycles. The molecule has 3 nitrogen and oxygen atoms in total. The monoisotopic (exact) mass is 289 g/mol. The fraction of sp³-hybridized carbons (Fsp3) is 0.188. The van der Waals surface area contributed by atoms with E-state index in [9.17, 15) is 9.90 Å². The molecule has 2 rings (SSSR count). The van der Waals surface area contributed by atoms with Gasteiger partial charge in [-0.2, -0.15) is 0 Å². The molecule has 0 bridgehead atoms. The molecule has 104 valence electrons. The molecule has 0 spiro atoms. The van der Waals surface area contributed by atoms with Gasteiger partial charge in [-0.3, -0.25) is 4.79 Å². The van der Waals surface area contributed by atoms with Crippen LogP contribution in [0.4, 0.5) is 0 Å². The molecule has 0 saturated heterocycles. The minimum absolute atomic E-state index is 0.0760. The normalized spacial score (nSPS) is 11.1. The van der Waals surface area contributed by atoms with Gasteiger partial charge in [-0.15, -0.1) is 11.6 Å². The molecule has 2 aromatic rings. The molecule has 1 amide bonds. The van der Waals surface area contributed by atoms with Gasteiger partial charge in [0.15, 0.2) is 0 Å². The maximum absolute atomic E-state index is 11.4. The summed E-state index contributed by atoms with van der Waals surface area (Å²) >= 11 is 5.48. The number of alkyl halides is 1. The van der Waals surface area contributed by atoms with E-state index in [1.807, 2.05) is 60.7 Å². The van der Waals surface area contributed by atoms with Crippen LogP contribution in [0.15, 0.2) is 60.7 Å². The van der Waals surface area contributed by atoms with Crippen LogP contribution in [0.3, 0.4) is 0 Å². The summed E-state index contributed by atoms with van der Waals surface area (Å²) in [5, 5.41) is 13.7. The summed E-state index contributed by atoms with van der Waals surface area (Å²) in [4.78, 5) is 11.4. The summed E-state index contributed by atoms with van der Waals surface area (Å²) in [6.07, 6.45) is 0. The number of carbonyl (C=O) groups excluding carboxylic acids is 1. The Morgan fingerprint density at radius 3 is 1.85 bits per heavy atom. The molecule has 0 aliphatic rings. The average molecular weight is 290 g/mol. The molecule has 2 N–H and O–H groups in total. The quantitative estimate of drug-likeness (QED) is 0.830. The first kappa shape index (κ1) is 14.6. The molecule has 0 aliphatic heterocycles. The van der Waals surface area contributed by atoms with E-state index in [4.69, 9.17) is 11.6 Å². The Morgan fingerprint density at radius 2 is 1.45 bits per heavy atom. The van der Waals surface area contributed by atoms with Crippen LogP contribution in [-0.4, -0.2) is 23.4 Å². The van der Waals surface area contributed by atoms with Gasteiger partial charge in [0.2, 0.25) is 5.91 Å². The number of halogens is 1. The zero-order chi connectivity index (χ0) is 14.4. The van der Waals surface area contributed by atoms with Crippen LogP contribution in [0, 0.1) is 0 Å². The van der Waals surface area contributed by atoms with Crippen LogP contribution in [0.2, 0.25) is 0 Å². The fourth-order valence-electron chi connectivity index (χ4n) is 2.07. The lowest BCUT2D eigenvalue weighted by Crippen LogP contribution is -2.42. The maximum atomic E-state index is 11.4. The molecule has 0 saturated carbocycles. The van der Waals surface area contributed by atoms with E-state index in [0.29, 0.717) is 0 Å². The third-order valence-corrected chi connectivity index (χ3v) is 3.41. The zero-order valence-electron chi connectivity index (χ0n) is 10.9. The number of benzene rings is 2. The molecule has 0 unspecified atom stereocenters. The summed E-state index contributed by atoms with van der Waals surface area (Å²) in [7, 11) is 0. The lowest BCUT2D eigenvalue weighted by atomic mass is 9.86. The molecule has 4 heteroatoms. The van der Waals surface area contributed by atoms with Crippen molar-refractivity contribution in [2.45, 2.75) is 5.60 Å². The van der Waals surface area contributed by atoms with Gasteiger partial charge in [-0.05, 0) is 11.1 Å². The topological polar surface area (TPSA) is 49.3 Å². The highest BCUT2D eigenvalue weighted by Gasteiger charge is 2.31. The van der Waals surface area contributed by atoms with E-state index in [0.717, 1.165) is 11.1 Å². The summed E-state index contributed by atoms with van der Waals surface area (Å²) in [6.45, 7) is 0.0760. The predicted molar refractivity (Wildman–Crippen MR) is 79.6 cm³/mol. The SMILES string of the molecule is O=C(CCl)NCC(O)(c1ccccc1)c1ccccc1. The zero-order valence-corrected chi connectivity index (χ0v) is 11.7. The average Bonchev–Trinajstić information content (AvgIpc) is 2.54. The van der Waals surface area contributed by atoms with Crippen LogP contribution in [0.5, 0.6) is 0 Å². The lowest BCUT2D eigenvalue weighted by molar-refractivity contribution is -0.119. The van der Waals surface area contributed by atoms with Gasteiger partial charge in [-0.1, -0.05) is 60.7 Å². The number of rotatable bonds is 5. The number of hydrogen-bond donors (Lipinski definition) is 2. The second-order valence-corrected chi connectivity index (χ2v) is 4.77. The Bertz CT molecular complexity index is 518. The molecule has 0 fully saturated rings. The van der Waals surface area contributed by atoms with Crippen LogP contribution in [0.25, 0.3) is 0 Å². The smallest absolute Gasteiger partial charge is 0.235 e. The van der Waals surface area contributed by atoms with E-state index in [1.165, 1.54) is 0 Å². The molecular formula is C16H16ClNO2. The van der Waals surface area contributed by atoms with Crippen molar-refractivity contribution in [3.05, 3.63) is 71.8 Å². The van der Waals surface area contributed by atoms with Crippen LogP contribution >= 0.6 is 11.6 Å². The second kappa shape index (κ2) is 6.55. The van der Waals surface area contributed by atoms with Crippen molar-refractivity contribution in [3.8, 4) is 0 Å². The number of nitrogens with one attached hydrogen (secondary N) is 1. The van der Waals surface area contributed by atoms with Crippen LogP contribution < -0.4 is 5.32 Å². The van der Waals surface area contributed by atoms with Crippen LogP contribution in [0.1, 0.15) is 11.1 Å². The van der Waals surface area contributed by atoms with Crippen molar-refractivity contribution in [1.29, 1.82) is 0 Å². The predicted octanol–water partition coefficient (Wildman–Crippen LogP) is 2.28. The minimum Gasteiger partial charge on any atom is -0.379 e. The molecular weight excluding hydrogens is 274 g/mol. The first-order chi connectivity index (χ1) is 9.66. The van der Waals surface area contributed by atoms with E-state index >= 15 is 0 Å². The Morgan fingerprint density at radius 1 is 1.00 bits per heavy atom. The summed E-state index contributed by atoms with van der Waals surface area (Å²) in [5.41, 5.74) is 0.173. The van der Waals surface area contributed by atoms with Crippen molar-refractivity contribution >= 4 is 17.5 Å². The van der Waals surface area contributed by atoms with Gasteiger partial charge in [0.05, 0.1) is 6.54 Å². The molecule has 0 heterocycles. The highest BCUT2D eigenvalue weighted by atomic mass is 35.5. The van der Waals surface area contributed by atoms with E-state index < -0.39 is 5.60 Å². The number of hydrogen-bond acceptors (Lipinski definition) is 2. The Balaban J connectivity index is 2.36. The number of amides is 1. The fourth-order valence-corrected chi connectivity index (χ4v) is 2.17. The first-order valence-corrected chi connectivity index (χ1v) is 6.86. The van der Waals surface area contributed by atoms with E-state index in [-0.39, 0.29) is 18.3 Å². The molecule has 0 radical (unpaired) electrons. The summed E-state index contributed by atoms with van der Waals surface area (Å²) < 4.78 is 0. The third-order valence-electron chi connectivity index (χ3n) is 3.17. The Labute approximate surface area is 123 Å². The van der Waals surface area contributed by atoms with E-state index in [1.54, 1.807) is 0 Å². The van der Waals surface area contributed by atoms with Crippen molar-refractivity contribution in [2.75, 3.05) is 12.4 Å². The summed E-state index contributed by atoms with van der Waals surface area (Å²) in [6, 6.07) is 18.5. The highest BCUT2D eigenvalue weighted by molar-refractivity contribution is 6.27. The Hall–Kier alpha value is -1.84. The third kappa shape index (κ3) is 3.18. The highest BCUT2D eigenvalue weighted by Crippen LogP contribution is 2.28. The minimum atomic E-state index is -1.27. The van der Waals surface area contributed by atoms with Gasteiger partial charge >= 0.3 is 0 Å². The van der Waals surface area contributed by atoms with Crippen molar-refractivity contribution in [2.24, 2.45) is 0 Å². The van der Waals surface area contributed by atoms with Crippen molar-refractivity contribution < 1.29 is 9.90 Å². The van der Waals surface area contributed by atoms with Gasteiger partial charge in [-0.25, -0.2) is 0 Å². The van der Waals surface area contributed by atoms with Crippen LogP contribution in [-0.2, 0) is 10.4 Å². The first-order valence-electron chi connectivity index (χ1n) is 6.33. The lowest BCUT2D eigenvalue weighted by Gasteiger charge is -2.29. The van der Waals surface area contributed by atoms with Gasteiger partial charge in [0.1, 0.15) is 11.5 Å². The van der Waals surface area contributed by atoms with Gasteiger partial charge < -0.3 is 10.4 Å². The second-order valence-electron chi connectivity index (χ2n) is 4.50. The number of aliphatic hydroxyl groups is 1. The van der Waals surface area contributed by atoms with E-state index in [2.05, 4.69) is 5.32 Å². The molecule has 0 aliphatic carbocycles. The number of carbonyl (C=O) groups is 1. The molecule has 0 atom stereocenters. The van der Waals surface area contributed by atoms with Crippen molar-refractivity contribution in [3.63, 3.8) is 0 Å². The van der Waals surface area contributed by atoms with Crippen molar-refractivity contribution in [1.82, 2.24) is 5.32 Å². The maximum Gasteiger partial charge on any atom is 0.235 e. The van der Waals surface area contributed by atoms with Gasteiger partial charge in [0, 0.05) is 0 Å².